The number of hydrogen-bond acceptors (Lipinski definition) is 12. The molecule has 7 aliphatic heterocycles. The molecule has 6 atom stereocenters. The Labute approximate surface area is 359 Å². The van der Waals surface area contributed by atoms with Crippen molar-refractivity contribution in [2.75, 3.05) is 58.9 Å². The van der Waals surface area contributed by atoms with Crippen LogP contribution in [0, 0.1) is 0 Å². The van der Waals surface area contributed by atoms with Crippen molar-refractivity contribution in [1.29, 1.82) is 0 Å². The third kappa shape index (κ3) is 11.7. The summed E-state index contributed by atoms with van der Waals surface area (Å²) in [6, 6.07) is 0. The van der Waals surface area contributed by atoms with E-state index in [9.17, 15) is 15.3 Å². The minimum Gasteiger partial charge on any atom is -0.495 e. The molecule has 0 aromatic rings. The Kier molecular flexibility index (Phi) is 13.0. The van der Waals surface area contributed by atoms with Crippen molar-refractivity contribution in [1.82, 2.24) is 14.7 Å². The topological polar surface area (TPSA) is 126 Å². The zero-order chi connectivity index (χ0) is 42.8. The van der Waals surface area contributed by atoms with E-state index in [1.807, 2.05) is 36.5 Å². The maximum Gasteiger partial charge on any atom is 0.112 e. The molecule has 0 bridgehead atoms. The number of rotatable bonds is 18. The van der Waals surface area contributed by atoms with Gasteiger partial charge in [-0.3, -0.25) is 14.7 Å². The van der Waals surface area contributed by atoms with E-state index in [1.165, 1.54) is 0 Å². The standard InChI is InChI=1S/C48H75N3O9/c1-40(13-7-25-55-40)31-46(52,32-41(2)14-8-26-56-41)37-49-19-21-50(38-47(53,33-42(3)15-9-27-57-42)34-43(4)16-10-28-58-43)23-24-51(22-20-49)39-48(54,35-44(5)17-11-29-59-44)36-45(6)18-12-30-60-45/h7-12,25-30,52-54H,13-24,31-39H2,1-6H3. The lowest BCUT2D eigenvalue weighted by Crippen LogP contribution is -2.54. The highest BCUT2D eigenvalue weighted by Gasteiger charge is 2.49. The Morgan fingerprint density at radius 1 is 0.350 bits per heavy atom. The highest BCUT2D eigenvalue weighted by Crippen LogP contribution is 2.43. The van der Waals surface area contributed by atoms with Crippen molar-refractivity contribution in [3.8, 4) is 0 Å². The van der Waals surface area contributed by atoms with Crippen LogP contribution < -0.4 is 0 Å². The summed E-state index contributed by atoms with van der Waals surface area (Å²) in [5.41, 5.74) is -6.53. The van der Waals surface area contributed by atoms with Gasteiger partial charge in [-0.25, -0.2) is 0 Å². The Bertz CT molecular complexity index is 1330. The molecule has 0 amide bonds. The predicted octanol–water partition coefficient (Wildman–Crippen LogP) is 6.60. The van der Waals surface area contributed by atoms with Gasteiger partial charge in [0.15, 0.2) is 0 Å². The third-order valence-corrected chi connectivity index (χ3v) is 14.0. The average Bonchev–Trinajstić information content (AvgIpc) is 4.01. The number of nitrogens with zero attached hydrogens (tertiary/aromatic N) is 3. The van der Waals surface area contributed by atoms with E-state index in [4.69, 9.17) is 28.4 Å². The first-order valence-corrected chi connectivity index (χ1v) is 22.5. The summed E-state index contributed by atoms with van der Waals surface area (Å²) >= 11 is 0. The monoisotopic (exact) mass is 838 g/mol. The summed E-state index contributed by atoms with van der Waals surface area (Å²) in [5, 5.41) is 38.6. The first-order valence-electron chi connectivity index (χ1n) is 22.5. The quantitative estimate of drug-likeness (QED) is 0.138. The van der Waals surface area contributed by atoms with Crippen LogP contribution in [-0.4, -0.2) is 139 Å². The zero-order valence-corrected chi connectivity index (χ0v) is 37.4. The summed E-state index contributed by atoms with van der Waals surface area (Å²) in [5.74, 6) is 0. The van der Waals surface area contributed by atoms with Crippen LogP contribution in [0.5, 0.6) is 0 Å². The molecule has 0 aliphatic carbocycles. The number of hydrogen-bond donors (Lipinski definition) is 3. The van der Waals surface area contributed by atoms with Crippen LogP contribution in [0.2, 0.25) is 0 Å². The van der Waals surface area contributed by atoms with Crippen LogP contribution in [0.3, 0.4) is 0 Å². The van der Waals surface area contributed by atoms with Crippen molar-refractivity contribution in [3.05, 3.63) is 74.0 Å². The van der Waals surface area contributed by atoms with Crippen molar-refractivity contribution in [2.45, 2.75) is 169 Å². The fourth-order valence-electron chi connectivity index (χ4n) is 11.6. The van der Waals surface area contributed by atoms with Gasteiger partial charge in [0.2, 0.25) is 0 Å². The highest BCUT2D eigenvalue weighted by atomic mass is 16.5. The molecule has 6 unspecified atom stereocenters. The van der Waals surface area contributed by atoms with E-state index in [0.717, 1.165) is 38.5 Å². The molecule has 60 heavy (non-hydrogen) atoms. The second-order valence-electron chi connectivity index (χ2n) is 21.4. The molecular weight excluding hydrogens is 763 g/mol. The predicted molar refractivity (Wildman–Crippen MR) is 231 cm³/mol. The van der Waals surface area contributed by atoms with Gasteiger partial charge in [0.1, 0.15) is 33.6 Å². The SMILES string of the molecule is CC1(CC(O)(CN2CCN(CC(O)(CC3(C)CC=CO3)CC3(C)CC=CO3)CCN(CC(O)(CC3(C)CC=CO3)CC3(C)CC=CO3)CC2)CC2(C)CC=CO2)CC=CO1. The second-order valence-corrected chi connectivity index (χ2v) is 21.4. The van der Waals surface area contributed by atoms with Crippen molar-refractivity contribution < 1.29 is 43.7 Å². The molecule has 12 heteroatoms. The summed E-state index contributed by atoms with van der Waals surface area (Å²) in [6.07, 6.45) is 29.9. The van der Waals surface area contributed by atoms with E-state index in [0.29, 0.717) is 97.4 Å². The maximum absolute atomic E-state index is 12.9. The molecule has 7 rings (SSSR count). The minimum atomic E-state index is -1.13. The molecule has 0 aromatic carbocycles. The highest BCUT2D eigenvalue weighted by molar-refractivity contribution is 5.09. The lowest BCUT2D eigenvalue weighted by atomic mass is 9.78. The molecule has 1 fully saturated rings. The van der Waals surface area contributed by atoms with Crippen molar-refractivity contribution >= 4 is 0 Å². The third-order valence-electron chi connectivity index (χ3n) is 14.0. The molecule has 0 aromatic heterocycles. The van der Waals surface area contributed by atoms with Crippen molar-refractivity contribution in [2.24, 2.45) is 0 Å². The van der Waals surface area contributed by atoms with Crippen LogP contribution in [0.4, 0.5) is 0 Å². The van der Waals surface area contributed by atoms with Crippen molar-refractivity contribution in [3.63, 3.8) is 0 Å². The zero-order valence-electron chi connectivity index (χ0n) is 37.4. The fourth-order valence-corrected chi connectivity index (χ4v) is 11.6. The Hall–Kier alpha value is -3.00. The van der Waals surface area contributed by atoms with Gasteiger partial charge >= 0.3 is 0 Å². The lowest BCUT2D eigenvalue weighted by molar-refractivity contribution is -0.112. The minimum absolute atomic E-state index is 0.422. The molecular formula is C48H75N3O9. The average molecular weight is 838 g/mol. The Morgan fingerprint density at radius 2 is 0.517 bits per heavy atom. The smallest absolute Gasteiger partial charge is 0.112 e. The van der Waals surface area contributed by atoms with Gasteiger partial charge in [-0.15, -0.1) is 0 Å². The Balaban J connectivity index is 1.17. The molecule has 12 nitrogen and oxygen atoms in total. The van der Waals surface area contributed by atoms with Crippen LogP contribution in [0.15, 0.2) is 74.0 Å². The largest absolute Gasteiger partial charge is 0.495 e. The van der Waals surface area contributed by atoms with Crippen LogP contribution in [0.1, 0.15) is 119 Å². The summed E-state index contributed by atoms with van der Waals surface area (Å²) in [4.78, 5) is 7.15. The molecule has 7 aliphatic rings. The summed E-state index contributed by atoms with van der Waals surface area (Å²) in [7, 11) is 0. The van der Waals surface area contributed by atoms with E-state index >= 15 is 0 Å². The van der Waals surface area contributed by atoms with E-state index in [1.54, 1.807) is 37.6 Å². The normalized spacial score (nSPS) is 38.5. The van der Waals surface area contributed by atoms with Crippen LogP contribution >= 0.6 is 0 Å². The van der Waals surface area contributed by atoms with Gasteiger partial charge in [-0.05, 0) is 78.0 Å². The van der Waals surface area contributed by atoms with E-state index in [2.05, 4.69) is 56.2 Å². The molecule has 336 valence electrons. The van der Waals surface area contributed by atoms with Crippen LogP contribution in [-0.2, 0) is 28.4 Å². The number of β-amino-alcohol motifs (C(OH)–C–C–N with tert-alkyl or cyclic N) is 3. The first-order chi connectivity index (χ1) is 28.2. The molecule has 1 saturated heterocycles. The van der Waals surface area contributed by atoms with Gasteiger partial charge in [0.25, 0.3) is 0 Å². The van der Waals surface area contributed by atoms with Gasteiger partial charge in [0.05, 0.1) is 54.4 Å². The molecule has 7 heterocycles. The first kappa shape index (κ1) is 45.0. The molecule has 0 saturated carbocycles. The maximum atomic E-state index is 12.9. The molecule has 3 N–H and O–H groups in total. The van der Waals surface area contributed by atoms with E-state index < -0.39 is 50.4 Å². The fraction of sp³-hybridized carbons (Fsp3) is 0.750. The van der Waals surface area contributed by atoms with E-state index in [-0.39, 0.29) is 0 Å². The lowest BCUT2D eigenvalue weighted by Gasteiger charge is -2.44. The Morgan fingerprint density at radius 3 is 0.650 bits per heavy atom. The molecule has 0 spiro atoms. The summed E-state index contributed by atoms with van der Waals surface area (Å²) in [6.45, 7) is 17.9. The van der Waals surface area contributed by atoms with Gasteiger partial charge in [0, 0.05) is 136 Å². The summed E-state index contributed by atoms with van der Waals surface area (Å²) < 4.78 is 36.8. The second kappa shape index (κ2) is 17.3. The van der Waals surface area contributed by atoms with Gasteiger partial charge in [-0.2, -0.15) is 0 Å². The number of aliphatic hydroxyl groups is 3. The van der Waals surface area contributed by atoms with Crippen LogP contribution in [0.25, 0.3) is 0 Å². The van der Waals surface area contributed by atoms with Gasteiger partial charge in [-0.1, -0.05) is 0 Å². The number of ether oxygens (including phenoxy) is 6. The van der Waals surface area contributed by atoms with Gasteiger partial charge < -0.3 is 43.7 Å². The molecule has 0 radical (unpaired) electrons.